The Bertz CT molecular complexity index is 567. The molecule has 3 rings (SSSR count). The van der Waals surface area contributed by atoms with Crippen molar-refractivity contribution in [1.29, 1.82) is 0 Å². The van der Waals surface area contributed by atoms with Crippen molar-refractivity contribution in [2.24, 2.45) is 0 Å². The zero-order chi connectivity index (χ0) is 13.2. The van der Waals surface area contributed by atoms with Crippen molar-refractivity contribution in [3.8, 4) is 0 Å². The summed E-state index contributed by atoms with van der Waals surface area (Å²) in [6.07, 6.45) is 0.982. The van der Waals surface area contributed by atoms with Crippen molar-refractivity contribution in [3.63, 3.8) is 0 Å². The highest BCUT2D eigenvalue weighted by Crippen LogP contribution is 2.36. The van der Waals surface area contributed by atoms with E-state index < -0.39 is 6.10 Å². The Morgan fingerprint density at radius 2 is 2.26 bits per heavy atom. The largest absolute Gasteiger partial charge is 0.387 e. The third kappa shape index (κ3) is 2.84. The zero-order valence-electron chi connectivity index (χ0n) is 10.4. The SMILES string of the molecule is OC(CC1OCCc2ccccc21)c1cc(Cl)cs1. The average molecular weight is 295 g/mol. The Labute approximate surface area is 121 Å². The van der Waals surface area contributed by atoms with E-state index in [2.05, 4.69) is 18.2 Å². The van der Waals surface area contributed by atoms with E-state index in [1.165, 1.54) is 22.5 Å². The van der Waals surface area contributed by atoms with Gasteiger partial charge in [0.2, 0.25) is 0 Å². The standard InChI is InChI=1S/C15H15ClO2S/c16-11-7-15(19-9-11)13(17)8-14-12-4-2-1-3-10(12)5-6-18-14/h1-4,7,9,13-14,17H,5-6,8H2. The van der Waals surface area contributed by atoms with E-state index in [0.29, 0.717) is 11.4 Å². The lowest BCUT2D eigenvalue weighted by Gasteiger charge is -2.27. The highest BCUT2D eigenvalue weighted by atomic mass is 35.5. The number of fused-ring (bicyclic) bond motifs is 1. The van der Waals surface area contributed by atoms with Crippen LogP contribution in [-0.2, 0) is 11.2 Å². The normalized spacial score (nSPS) is 20.0. The molecule has 0 fully saturated rings. The molecule has 0 aliphatic carbocycles. The maximum atomic E-state index is 10.3. The molecule has 1 aromatic carbocycles. The number of thiophene rings is 1. The van der Waals surface area contributed by atoms with Gasteiger partial charge in [-0.05, 0) is 23.6 Å². The summed E-state index contributed by atoms with van der Waals surface area (Å²) in [5, 5.41) is 12.8. The molecule has 2 atom stereocenters. The van der Waals surface area contributed by atoms with Gasteiger partial charge in [0.1, 0.15) is 0 Å². The molecule has 2 nitrogen and oxygen atoms in total. The minimum Gasteiger partial charge on any atom is -0.387 e. The maximum absolute atomic E-state index is 10.3. The fourth-order valence-electron chi connectivity index (χ4n) is 2.49. The lowest BCUT2D eigenvalue weighted by atomic mass is 9.94. The molecule has 19 heavy (non-hydrogen) atoms. The number of aliphatic hydroxyl groups is 1. The number of rotatable bonds is 3. The molecule has 1 aromatic heterocycles. The van der Waals surface area contributed by atoms with Gasteiger partial charge in [-0.15, -0.1) is 11.3 Å². The van der Waals surface area contributed by atoms with Gasteiger partial charge in [-0.3, -0.25) is 0 Å². The first-order valence-corrected chi connectivity index (χ1v) is 7.61. The van der Waals surface area contributed by atoms with Crippen LogP contribution in [0.2, 0.25) is 5.02 Å². The van der Waals surface area contributed by atoms with Crippen LogP contribution in [0.5, 0.6) is 0 Å². The molecule has 0 saturated heterocycles. The number of halogens is 1. The van der Waals surface area contributed by atoms with Gasteiger partial charge in [0.25, 0.3) is 0 Å². The molecule has 1 N–H and O–H groups in total. The summed E-state index contributed by atoms with van der Waals surface area (Å²) in [6, 6.07) is 10.1. The Hall–Kier alpha value is -0.870. The topological polar surface area (TPSA) is 29.5 Å². The van der Waals surface area contributed by atoms with E-state index in [4.69, 9.17) is 16.3 Å². The summed E-state index contributed by atoms with van der Waals surface area (Å²) in [7, 11) is 0. The fraction of sp³-hybridized carbons (Fsp3) is 0.333. The Morgan fingerprint density at radius 3 is 3.05 bits per heavy atom. The van der Waals surface area contributed by atoms with E-state index >= 15 is 0 Å². The predicted molar refractivity (Wildman–Crippen MR) is 77.7 cm³/mol. The minimum absolute atomic E-state index is 0.0270. The second-order valence-electron chi connectivity index (χ2n) is 4.73. The van der Waals surface area contributed by atoms with Crippen LogP contribution in [0, 0.1) is 0 Å². The Balaban J connectivity index is 1.77. The van der Waals surface area contributed by atoms with Crippen molar-refractivity contribution in [1.82, 2.24) is 0 Å². The Kier molecular flexibility index (Phi) is 3.89. The summed E-state index contributed by atoms with van der Waals surface area (Å²) in [6.45, 7) is 0.722. The number of hydrogen-bond donors (Lipinski definition) is 1. The van der Waals surface area contributed by atoms with Crippen molar-refractivity contribution in [2.75, 3.05) is 6.61 Å². The van der Waals surface area contributed by atoms with Crippen LogP contribution in [0.4, 0.5) is 0 Å². The van der Waals surface area contributed by atoms with Crippen LogP contribution in [0.25, 0.3) is 0 Å². The molecule has 2 heterocycles. The van der Waals surface area contributed by atoms with E-state index in [9.17, 15) is 5.11 Å². The molecule has 4 heteroatoms. The molecule has 0 saturated carbocycles. The van der Waals surface area contributed by atoms with Crippen LogP contribution in [0.1, 0.15) is 34.6 Å². The first-order valence-electron chi connectivity index (χ1n) is 6.35. The smallest absolute Gasteiger partial charge is 0.0910 e. The van der Waals surface area contributed by atoms with Gasteiger partial charge in [0, 0.05) is 16.7 Å². The van der Waals surface area contributed by atoms with E-state index in [1.807, 2.05) is 17.5 Å². The molecular weight excluding hydrogens is 280 g/mol. The van der Waals surface area contributed by atoms with Gasteiger partial charge in [-0.25, -0.2) is 0 Å². The number of aliphatic hydroxyl groups excluding tert-OH is 1. The van der Waals surface area contributed by atoms with Crippen molar-refractivity contribution < 1.29 is 9.84 Å². The van der Waals surface area contributed by atoms with Gasteiger partial charge in [-0.2, -0.15) is 0 Å². The second kappa shape index (κ2) is 5.63. The molecule has 0 spiro atoms. The molecule has 1 aliphatic rings. The molecule has 2 aromatic rings. The summed E-state index contributed by atoms with van der Waals surface area (Å²) in [5.41, 5.74) is 2.53. The maximum Gasteiger partial charge on any atom is 0.0910 e. The van der Waals surface area contributed by atoms with Crippen LogP contribution in [-0.4, -0.2) is 11.7 Å². The summed E-state index contributed by atoms with van der Waals surface area (Å²) in [5.74, 6) is 0. The molecule has 0 amide bonds. The summed E-state index contributed by atoms with van der Waals surface area (Å²) in [4.78, 5) is 0.900. The van der Waals surface area contributed by atoms with Crippen molar-refractivity contribution in [2.45, 2.75) is 25.0 Å². The van der Waals surface area contributed by atoms with Crippen LogP contribution < -0.4 is 0 Å². The molecule has 0 bridgehead atoms. The molecule has 1 aliphatic heterocycles. The monoisotopic (exact) mass is 294 g/mol. The van der Waals surface area contributed by atoms with E-state index in [0.717, 1.165) is 17.9 Å². The zero-order valence-corrected chi connectivity index (χ0v) is 12.0. The minimum atomic E-state index is -0.520. The summed E-state index contributed by atoms with van der Waals surface area (Å²) >= 11 is 7.39. The highest BCUT2D eigenvalue weighted by Gasteiger charge is 2.24. The van der Waals surface area contributed by atoms with Crippen LogP contribution in [0.3, 0.4) is 0 Å². The highest BCUT2D eigenvalue weighted by molar-refractivity contribution is 7.10. The third-order valence-electron chi connectivity index (χ3n) is 3.45. The van der Waals surface area contributed by atoms with E-state index in [-0.39, 0.29) is 6.10 Å². The second-order valence-corrected chi connectivity index (χ2v) is 6.11. The number of hydrogen-bond acceptors (Lipinski definition) is 3. The lowest BCUT2D eigenvalue weighted by Crippen LogP contribution is -2.18. The molecule has 100 valence electrons. The number of ether oxygens (including phenoxy) is 1. The average Bonchev–Trinajstić information content (AvgIpc) is 2.86. The van der Waals surface area contributed by atoms with Gasteiger partial charge < -0.3 is 9.84 Å². The van der Waals surface area contributed by atoms with Crippen molar-refractivity contribution in [3.05, 3.63) is 56.7 Å². The fourth-order valence-corrected chi connectivity index (χ4v) is 3.57. The van der Waals surface area contributed by atoms with Crippen LogP contribution in [0.15, 0.2) is 35.7 Å². The summed E-state index contributed by atoms with van der Waals surface area (Å²) < 4.78 is 5.82. The van der Waals surface area contributed by atoms with Gasteiger partial charge in [0.15, 0.2) is 0 Å². The van der Waals surface area contributed by atoms with Gasteiger partial charge >= 0.3 is 0 Å². The Morgan fingerprint density at radius 1 is 1.42 bits per heavy atom. The predicted octanol–water partition coefficient (Wildman–Crippen LogP) is 4.14. The third-order valence-corrected chi connectivity index (χ3v) is 4.83. The molecule has 2 unspecified atom stereocenters. The quantitative estimate of drug-likeness (QED) is 0.922. The van der Waals surface area contributed by atoms with Gasteiger partial charge in [-0.1, -0.05) is 35.9 Å². The van der Waals surface area contributed by atoms with E-state index in [1.54, 1.807) is 0 Å². The molecular formula is C15H15ClO2S. The van der Waals surface area contributed by atoms with Gasteiger partial charge in [0.05, 0.1) is 23.8 Å². The molecule has 0 radical (unpaired) electrons. The van der Waals surface area contributed by atoms with Crippen LogP contribution >= 0.6 is 22.9 Å². The first kappa shape index (κ1) is 13.1. The lowest BCUT2D eigenvalue weighted by molar-refractivity contribution is 0.00457. The van der Waals surface area contributed by atoms with Crippen molar-refractivity contribution >= 4 is 22.9 Å². The first-order chi connectivity index (χ1) is 9.24. The number of benzene rings is 1.